The number of primary amides is 1. The Kier molecular flexibility index (Phi) is 8.94. The van der Waals surface area contributed by atoms with E-state index in [4.69, 9.17) is 5.73 Å². The molecule has 0 atom stereocenters. The lowest BCUT2D eigenvalue weighted by molar-refractivity contribution is 0.100. The van der Waals surface area contributed by atoms with E-state index >= 15 is 0 Å². The van der Waals surface area contributed by atoms with Gasteiger partial charge in [0.1, 0.15) is 0 Å². The Labute approximate surface area is 214 Å². The van der Waals surface area contributed by atoms with Crippen LogP contribution in [0.25, 0.3) is 22.0 Å². The van der Waals surface area contributed by atoms with Crippen molar-refractivity contribution in [1.82, 2.24) is 14.4 Å². The molecule has 1 aliphatic heterocycles. The summed E-state index contributed by atoms with van der Waals surface area (Å²) < 4.78 is 1.90. The Bertz CT molecular complexity index is 1220. The second kappa shape index (κ2) is 12.3. The first kappa shape index (κ1) is 26.1. The van der Waals surface area contributed by atoms with E-state index in [-0.39, 0.29) is 5.56 Å². The third-order valence-corrected chi connectivity index (χ3v) is 7.70. The molecule has 4 rings (SSSR count). The number of rotatable bonds is 11. The van der Waals surface area contributed by atoms with Gasteiger partial charge in [0.15, 0.2) is 0 Å². The minimum absolute atomic E-state index is 0.0196. The molecule has 1 aliphatic rings. The number of benzene rings is 2. The monoisotopic (exact) mass is 488 g/mol. The highest BCUT2D eigenvalue weighted by molar-refractivity contribution is 5.94. The molecule has 1 fully saturated rings. The second-order valence-corrected chi connectivity index (χ2v) is 9.87. The normalized spacial score (nSPS) is 15.1. The van der Waals surface area contributed by atoms with E-state index in [0.717, 1.165) is 61.4 Å². The fraction of sp³-hybridized carbons (Fsp3) is 0.467. The van der Waals surface area contributed by atoms with Crippen molar-refractivity contribution in [2.75, 3.05) is 32.7 Å². The van der Waals surface area contributed by atoms with Crippen molar-refractivity contribution in [3.8, 4) is 11.1 Å². The number of likely N-dealkylation sites (tertiary alicyclic amines) is 1. The lowest BCUT2D eigenvalue weighted by atomic mass is 10.0. The van der Waals surface area contributed by atoms with Gasteiger partial charge in [-0.2, -0.15) is 0 Å². The van der Waals surface area contributed by atoms with Gasteiger partial charge in [0.25, 0.3) is 5.56 Å². The standard InChI is InChI=1S/C30H40N4O2/c1-3-33(4-2)26-15-19-32(20-16-26)17-8-5-9-18-34-28-14-7-6-11-24(28)22-27(30(34)36)23-12-10-13-25(21-23)29(31)35/h6-7,10-14,21-22,26H,3-5,8-9,15-20H2,1-2H3,(H2,31,35). The summed E-state index contributed by atoms with van der Waals surface area (Å²) in [5.41, 5.74) is 8.15. The van der Waals surface area contributed by atoms with Crippen LogP contribution >= 0.6 is 0 Å². The Balaban J connectivity index is 1.39. The first-order chi connectivity index (χ1) is 17.5. The van der Waals surface area contributed by atoms with E-state index in [9.17, 15) is 9.59 Å². The number of piperidine rings is 1. The van der Waals surface area contributed by atoms with E-state index < -0.39 is 5.91 Å². The van der Waals surface area contributed by atoms with Gasteiger partial charge in [0.05, 0.1) is 5.52 Å². The number of nitrogens with zero attached hydrogens (tertiary/aromatic N) is 3. The molecule has 2 aromatic carbocycles. The highest BCUT2D eigenvalue weighted by Crippen LogP contribution is 2.23. The van der Waals surface area contributed by atoms with Crippen molar-refractivity contribution in [2.45, 2.75) is 58.5 Å². The van der Waals surface area contributed by atoms with Gasteiger partial charge in [0.2, 0.25) is 5.91 Å². The summed E-state index contributed by atoms with van der Waals surface area (Å²) in [6.07, 6.45) is 5.76. The van der Waals surface area contributed by atoms with Gasteiger partial charge < -0.3 is 20.1 Å². The Hall–Kier alpha value is -2.96. The van der Waals surface area contributed by atoms with Crippen LogP contribution in [0.15, 0.2) is 59.4 Å². The first-order valence-electron chi connectivity index (χ1n) is 13.5. The number of para-hydroxylation sites is 1. The molecule has 2 heterocycles. The summed E-state index contributed by atoms with van der Waals surface area (Å²) in [5, 5.41) is 1.02. The molecule has 2 N–H and O–H groups in total. The predicted octanol–water partition coefficient (Wildman–Crippen LogP) is 4.74. The van der Waals surface area contributed by atoms with Gasteiger partial charge in [-0.1, -0.05) is 50.6 Å². The minimum atomic E-state index is -0.491. The zero-order chi connectivity index (χ0) is 25.5. The molecule has 1 amide bonds. The number of carbonyl (C=O) groups is 1. The summed E-state index contributed by atoms with van der Waals surface area (Å²) in [6.45, 7) is 11.0. The first-order valence-corrected chi connectivity index (χ1v) is 13.5. The van der Waals surface area contributed by atoms with Crippen LogP contribution in [0, 0.1) is 0 Å². The van der Waals surface area contributed by atoms with Crippen LogP contribution in [-0.4, -0.2) is 59.0 Å². The fourth-order valence-corrected chi connectivity index (χ4v) is 5.63. The van der Waals surface area contributed by atoms with Crippen LogP contribution < -0.4 is 11.3 Å². The maximum absolute atomic E-state index is 13.5. The smallest absolute Gasteiger partial charge is 0.258 e. The molecular formula is C30H40N4O2. The Morgan fingerprint density at radius 2 is 1.67 bits per heavy atom. The minimum Gasteiger partial charge on any atom is -0.366 e. The predicted molar refractivity (Wildman–Crippen MR) is 148 cm³/mol. The van der Waals surface area contributed by atoms with E-state index in [1.165, 1.54) is 25.9 Å². The molecule has 36 heavy (non-hydrogen) atoms. The van der Waals surface area contributed by atoms with E-state index in [1.54, 1.807) is 18.2 Å². The lowest BCUT2D eigenvalue weighted by Crippen LogP contribution is -2.44. The van der Waals surface area contributed by atoms with E-state index in [2.05, 4.69) is 23.6 Å². The van der Waals surface area contributed by atoms with Crippen molar-refractivity contribution in [3.05, 3.63) is 70.5 Å². The molecule has 1 saturated heterocycles. The number of aryl methyl sites for hydroxylation is 1. The molecule has 0 radical (unpaired) electrons. The van der Waals surface area contributed by atoms with E-state index in [1.807, 2.05) is 41.0 Å². The number of hydrogen-bond donors (Lipinski definition) is 1. The van der Waals surface area contributed by atoms with E-state index in [0.29, 0.717) is 17.7 Å². The molecule has 0 unspecified atom stereocenters. The zero-order valence-electron chi connectivity index (χ0n) is 21.8. The average molecular weight is 489 g/mol. The largest absolute Gasteiger partial charge is 0.366 e. The molecule has 0 saturated carbocycles. The summed E-state index contributed by atoms with van der Waals surface area (Å²) in [7, 11) is 0. The number of hydrogen-bond acceptors (Lipinski definition) is 4. The molecule has 1 aromatic heterocycles. The zero-order valence-corrected chi connectivity index (χ0v) is 21.8. The molecule has 0 aliphatic carbocycles. The number of carbonyl (C=O) groups excluding carboxylic acids is 1. The summed E-state index contributed by atoms with van der Waals surface area (Å²) in [6, 6.07) is 17.7. The van der Waals surface area contributed by atoms with Crippen molar-refractivity contribution < 1.29 is 4.79 Å². The van der Waals surface area contributed by atoms with Crippen LogP contribution in [0.5, 0.6) is 0 Å². The number of fused-ring (bicyclic) bond motifs is 1. The number of nitrogens with two attached hydrogens (primary N) is 1. The van der Waals surface area contributed by atoms with Crippen molar-refractivity contribution in [2.24, 2.45) is 5.73 Å². The number of amides is 1. The fourth-order valence-electron chi connectivity index (χ4n) is 5.63. The highest BCUT2D eigenvalue weighted by Gasteiger charge is 2.22. The van der Waals surface area contributed by atoms with Gasteiger partial charge in [-0.25, -0.2) is 0 Å². The summed E-state index contributed by atoms with van der Waals surface area (Å²) in [5.74, 6) is -0.491. The number of unbranched alkanes of at least 4 members (excludes halogenated alkanes) is 2. The van der Waals surface area contributed by atoms with Crippen LogP contribution in [0.1, 0.15) is 56.3 Å². The molecule has 192 valence electrons. The maximum Gasteiger partial charge on any atom is 0.258 e. The molecule has 0 spiro atoms. The van der Waals surface area contributed by atoms with Gasteiger partial charge in [-0.05, 0) is 93.6 Å². The molecule has 6 nitrogen and oxygen atoms in total. The summed E-state index contributed by atoms with van der Waals surface area (Å²) >= 11 is 0. The summed E-state index contributed by atoms with van der Waals surface area (Å²) in [4.78, 5) is 30.4. The molecular weight excluding hydrogens is 448 g/mol. The van der Waals surface area contributed by atoms with Crippen molar-refractivity contribution >= 4 is 16.8 Å². The molecule has 3 aromatic rings. The molecule has 6 heteroatoms. The SMILES string of the molecule is CCN(CC)C1CCN(CCCCCn2c(=O)c(-c3cccc(C(N)=O)c3)cc3ccccc32)CC1. The van der Waals surface area contributed by atoms with Crippen LogP contribution in [-0.2, 0) is 6.54 Å². The number of aromatic nitrogens is 1. The van der Waals surface area contributed by atoms with Crippen molar-refractivity contribution in [3.63, 3.8) is 0 Å². The van der Waals surface area contributed by atoms with Crippen LogP contribution in [0.4, 0.5) is 0 Å². The molecule has 0 bridgehead atoms. The Morgan fingerprint density at radius 1 is 0.944 bits per heavy atom. The van der Waals surface area contributed by atoms with Gasteiger partial charge in [0, 0.05) is 23.7 Å². The highest BCUT2D eigenvalue weighted by atomic mass is 16.1. The lowest BCUT2D eigenvalue weighted by Gasteiger charge is -2.37. The average Bonchev–Trinajstić information content (AvgIpc) is 2.91. The third kappa shape index (κ3) is 6.05. The van der Waals surface area contributed by atoms with Crippen molar-refractivity contribution in [1.29, 1.82) is 0 Å². The maximum atomic E-state index is 13.5. The van der Waals surface area contributed by atoms with Gasteiger partial charge in [-0.3, -0.25) is 9.59 Å². The third-order valence-electron chi connectivity index (χ3n) is 7.70. The van der Waals surface area contributed by atoms with Crippen LogP contribution in [0.3, 0.4) is 0 Å². The van der Waals surface area contributed by atoms with Gasteiger partial charge in [-0.15, -0.1) is 0 Å². The topological polar surface area (TPSA) is 71.6 Å². The Morgan fingerprint density at radius 3 is 2.39 bits per heavy atom. The second-order valence-electron chi connectivity index (χ2n) is 9.87. The number of pyridine rings is 1. The van der Waals surface area contributed by atoms with Crippen LogP contribution in [0.2, 0.25) is 0 Å². The van der Waals surface area contributed by atoms with Gasteiger partial charge >= 0.3 is 0 Å². The quantitative estimate of drug-likeness (QED) is 0.396.